The number of rotatable bonds is 7. The van der Waals surface area contributed by atoms with Crippen LogP contribution in [-0.4, -0.2) is 25.8 Å². The maximum Gasteiger partial charge on any atom is 0.273 e. The molecular formula is C18H21N3O5S. The molecule has 0 aromatic heterocycles. The molecule has 0 aliphatic heterocycles. The maximum atomic E-state index is 12.4. The van der Waals surface area contributed by atoms with Crippen molar-refractivity contribution in [3.05, 3.63) is 63.7 Å². The number of carbonyl (C=O) groups is 1. The van der Waals surface area contributed by atoms with Crippen molar-refractivity contribution in [3.63, 3.8) is 0 Å². The average molecular weight is 391 g/mol. The molecule has 2 aromatic carbocycles. The minimum absolute atomic E-state index is 0.0904. The van der Waals surface area contributed by atoms with E-state index in [9.17, 15) is 23.3 Å². The lowest BCUT2D eigenvalue weighted by molar-refractivity contribution is -0.385. The summed E-state index contributed by atoms with van der Waals surface area (Å²) in [6.45, 7) is 5.63. The van der Waals surface area contributed by atoms with Gasteiger partial charge in [-0.3, -0.25) is 14.9 Å². The number of carbonyl (C=O) groups excluding carboxylic acids is 1. The van der Waals surface area contributed by atoms with Crippen LogP contribution < -0.4 is 10.0 Å². The second-order valence-corrected chi connectivity index (χ2v) is 8.20. The largest absolute Gasteiger partial charge is 0.322 e. The van der Waals surface area contributed by atoms with Crippen LogP contribution in [0.15, 0.2) is 47.4 Å². The number of sulfonamides is 1. The highest BCUT2D eigenvalue weighted by Gasteiger charge is 2.18. The number of anilines is 1. The van der Waals surface area contributed by atoms with Crippen molar-refractivity contribution in [2.45, 2.75) is 25.7 Å². The molecule has 2 rings (SSSR count). The number of nitrogens with zero attached hydrogens (tertiary/aromatic N) is 1. The first-order chi connectivity index (χ1) is 12.6. The van der Waals surface area contributed by atoms with Crippen LogP contribution >= 0.6 is 0 Å². The Kier molecular flexibility index (Phi) is 6.29. The van der Waals surface area contributed by atoms with E-state index in [0.29, 0.717) is 12.2 Å². The third-order valence-electron chi connectivity index (χ3n) is 3.85. The molecule has 0 aliphatic carbocycles. The third kappa shape index (κ3) is 5.11. The van der Waals surface area contributed by atoms with Gasteiger partial charge in [-0.25, -0.2) is 13.1 Å². The van der Waals surface area contributed by atoms with E-state index >= 15 is 0 Å². The van der Waals surface area contributed by atoms with Gasteiger partial charge in [-0.15, -0.1) is 0 Å². The number of nitro benzene ring substituents is 1. The Labute approximate surface area is 157 Å². The van der Waals surface area contributed by atoms with E-state index in [1.807, 2.05) is 13.8 Å². The molecule has 0 spiro atoms. The standard InChI is InChI=1S/C18H21N3O5S/c1-12(2)11-19-27(25,26)15-9-7-14(8-10-15)20-18(22)16-5-4-6-17(13(16)3)21(23)24/h4-10,12,19H,11H2,1-3H3,(H,20,22). The highest BCUT2D eigenvalue weighted by Crippen LogP contribution is 2.22. The monoisotopic (exact) mass is 391 g/mol. The fraction of sp³-hybridized carbons (Fsp3) is 0.278. The molecule has 0 aliphatic rings. The second kappa shape index (κ2) is 8.28. The normalized spacial score (nSPS) is 11.4. The van der Waals surface area contributed by atoms with Gasteiger partial charge in [-0.05, 0) is 43.2 Å². The fourth-order valence-corrected chi connectivity index (χ4v) is 3.56. The molecular weight excluding hydrogens is 370 g/mol. The van der Waals surface area contributed by atoms with Gasteiger partial charge < -0.3 is 5.32 Å². The SMILES string of the molecule is Cc1c(C(=O)Nc2ccc(S(=O)(=O)NCC(C)C)cc2)cccc1[N+](=O)[O-]. The Balaban J connectivity index is 2.16. The van der Waals surface area contributed by atoms with Gasteiger partial charge in [0.1, 0.15) is 0 Å². The van der Waals surface area contributed by atoms with E-state index in [1.165, 1.54) is 49.4 Å². The van der Waals surface area contributed by atoms with Gasteiger partial charge in [0.25, 0.3) is 11.6 Å². The number of amides is 1. The molecule has 0 bridgehead atoms. The number of nitrogens with one attached hydrogen (secondary N) is 2. The van der Waals surface area contributed by atoms with Crippen molar-refractivity contribution in [3.8, 4) is 0 Å². The Morgan fingerprint density at radius 3 is 2.33 bits per heavy atom. The summed E-state index contributed by atoms with van der Waals surface area (Å²) >= 11 is 0. The minimum atomic E-state index is -3.61. The van der Waals surface area contributed by atoms with Gasteiger partial charge in [-0.2, -0.15) is 0 Å². The van der Waals surface area contributed by atoms with Gasteiger partial charge in [0.2, 0.25) is 10.0 Å². The summed E-state index contributed by atoms with van der Waals surface area (Å²) in [7, 11) is -3.61. The summed E-state index contributed by atoms with van der Waals surface area (Å²) in [6.07, 6.45) is 0. The molecule has 8 nitrogen and oxygen atoms in total. The lowest BCUT2D eigenvalue weighted by atomic mass is 10.1. The Morgan fingerprint density at radius 1 is 1.15 bits per heavy atom. The summed E-state index contributed by atoms with van der Waals surface area (Å²) < 4.78 is 26.9. The molecule has 0 heterocycles. The number of benzene rings is 2. The van der Waals surface area contributed by atoms with Gasteiger partial charge in [0.05, 0.1) is 9.82 Å². The molecule has 0 unspecified atom stereocenters. The maximum absolute atomic E-state index is 12.4. The predicted octanol–water partition coefficient (Wildman–Crippen LogP) is 3.09. The van der Waals surface area contributed by atoms with Crippen LogP contribution in [0.5, 0.6) is 0 Å². The Hall–Kier alpha value is -2.78. The van der Waals surface area contributed by atoms with Crippen molar-refractivity contribution in [2.75, 3.05) is 11.9 Å². The second-order valence-electron chi connectivity index (χ2n) is 6.43. The topological polar surface area (TPSA) is 118 Å². The van der Waals surface area contributed by atoms with Crippen LogP contribution in [0.2, 0.25) is 0 Å². The first-order valence-corrected chi connectivity index (χ1v) is 9.75. The van der Waals surface area contributed by atoms with Gasteiger partial charge in [-0.1, -0.05) is 19.9 Å². The quantitative estimate of drug-likeness (QED) is 0.555. The molecule has 0 saturated heterocycles. The molecule has 0 fully saturated rings. The lowest BCUT2D eigenvalue weighted by Gasteiger charge is -2.10. The lowest BCUT2D eigenvalue weighted by Crippen LogP contribution is -2.27. The minimum Gasteiger partial charge on any atom is -0.322 e. The van der Waals surface area contributed by atoms with E-state index in [0.717, 1.165) is 0 Å². The zero-order valence-electron chi connectivity index (χ0n) is 15.2. The smallest absolute Gasteiger partial charge is 0.273 e. The van der Waals surface area contributed by atoms with Crippen molar-refractivity contribution in [1.29, 1.82) is 0 Å². The predicted molar refractivity (Wildman–Crippen MR) is 102 cm³/mol. The summed E-state index contributed by atoms with van der Waals surface area (Å²) in [5, 5.41) is 13.6. The van der Waals surface area contributed by atoms with Crippen LogP contribution in [0.4, 0.5) is 11.4 Å². The molecule has 2 aromatic rings. The van der Waals surface area contributed by atoms with Gasteiger partial charge >= 0.3 is 0 Å². The highest BCUT2D eigenvalue weighted by molar-refractivity contribution is 7.89. The molecule has 0 saturated carbocycles. The summed E-state index contributed by atoms with van der Waals surface area (Å²) in [6, 6.07) is 9.97. The zero-order chi connectivity index (χ0) is 20.2. The molecule has 0 radical (unpaired) electrons. The zero-order valence-corrected chi connectivity index (χ0v) is 16.0. The molecule has 2 N–H and O–H groups in total. The van der Waals surface area contributed by atoms with Crippen LogP contribution in [0.1, 0.15) is 29.8 Å². The van der Waals surface area contributed by atoms with Crippen LogP contribution in [0.25, 0.3) is 0 Å². The average Bonchev–Trinajstić information content (AvgIpc) is 2.60. The number of hydrogen-bond acceptors (Lipinski definition) is 5. The van der Waals surface area contributed by atoms with Crippen molar-refractivity contribution in [1.82, 2.24) is 4.72 Å². The highest BCUT2D eigenvalue weighted by atomic mass is 32.2. The van der Waals surface area contributed by atoms with E-state index in [1.54, 1.807) is 0 Å². The first-order valence-electron chi connectivity index (χ1n) is 8.27. The van der Waals surface area contributed by atoms with E-state index < -0.39 is 20.9 Å². The van der Waals surface area contributed by atoms with E-state index in [-0.39, 0.29) is 27.6 Å². The first kappa shape index (κ1) is 20.5. The summed E-state index contributed by atoms with van der Waals surface area (Å²) in [5.41, 5.74) is 0.686. The molecule has 1 amide bonds. The fourth-order valence-electron chi connectivity index (χ4n) is 2.34. The van der Waals surface area contributed by atoms with Gasteiger partial charge in [0, 0.05) is 29.4 Å². The third-order valence-corrected chi connectivity index (χ3v) is 5.29. The number of hydrogen-bond donors (Lipinski definition) is 2. The van der Waals surface area contributed by atoms with E-state index in [4.69, 9.17) is 0 Å². The van der Waals surface area contributed by atoms with Crippen LogP contribution in [0.3, 0.4) is 0 Å². The summed E-state index contributed by atoms with van der Waals surface area (Å²) in [5.74, 6) is -0.332. The van der Waals surface area contributed by atoms with Crippen molar-refractivity contribution >= 4 is 27.3 Å². The molecule has 144 valence electrons. The van der Waals surface area contributed by atoms with Crippen molar-refractivity contribution < 1.29 is 18.1 Å². The molecule has 9 heteroatoms. The number of nitro groups is 1. The van der Waals surface area contributed by atoms with Crippen molar-refractivity contribution in [2.24, 2.45) is 5.92 Å². The van der Waals surface area contributed by atoms with Gasteiger partial charge in [0.15, 0.2) is 0 Å². The summed E-state index contributed by atoms with van der Waals surface area (Å²) in [4.78, 5) is 22.9. The molecule has 27 heavy (non-hydrogen) atoms. The Bertz CT molecular complexity index is 953. The van der Waals surface area contributed by atoms with E-state index in [2.05, 4.69) is 10.0 Å². The Morgan fingerprint density at radius 2 is 1.78 bits per heavy atom. The van der Waals surface area contributed by atoms with Crippen LogP contribution in [-0.2, 0) is 10.0 Å². The molecule has 0 atom stereocenters. The van der Waals surface area contributed by atoms with Crippen LogP contribution in [0, 0.1) is 23.0 Å².